The highest BCUT2D eigenvalue weighted by molar-refractivity contribution is 5.74. The summed E-state index contributed by atoms with van der Waals surface area (Å²) in [5.41, 5.74) is 1.58. The molecule has 1 aromatic carbocycles. The van der Waals surface area contributed by atoms with E-state index in [-0.39, 0.29) is 17.8 Å². The Bertz CT molecular complexity index is 474. The van der Waals surface area contributed by atoms with E-state index in [0.717, 1.165) is 18.5 Å². The third-order valence-corrected chi connectivity index (χ3v) is 3.88. The largest absolute Gasteiger partial charge is 0.481 e. The molecule has 1 fully saturated rings. The van der Waals surface area contributed by atoms with E-state index in [1.807, 2.05) is 11.0 Å². The maximum Gasteiger partial charge on any atom is 0.308 e. The van der Waals surface area contributed by atoms with Gasteiger partial charge in [0.1, 0.15) is 5.82 Å². The van der Waals surface area contributed by atoms with Gasteiger partial charge in [-0.2, -0.15) is 0 Å². The summed E-state index contributed by atoms with van der Waals surface area (Å²) in [5.74, 6) is -1.35. The molecule has 2 aliphatic heterocycles. The lowest BCUT2D eigenvalue weighted by Gasteiger charge is -2.36. The predicted octanol–water partition coefficient (Wildman–Crippen LogP) is 2.05. The molecular formula is C13H14FNO2. The Morgan fingerprint density at radius 3 is 3.06 bits per heavy atom. The van der Waals surface area contributed by atoms with Crippen molar-refractivity contribution in [1.29, 1.82) is 0 Å². The van der Waals surface area contributed by atoms with Crippen LogP contribution in [0.1, 0.15) is 18.4 Å². The number of fused-ring (bicyclic) bond motifs is 3. The standard InChI is InChI=1S/C13H14FNO2/c14-10-5-1-3-8-7-11-9(13(16)17)4-2-6-15(11)12(8)10/h1,3,5,9,11H,2,4,6-7H2,(H,16,17). The molecule has 0 aromatic heterocycles. The number of halogens is 1. The molecule has 1 N–H and O–H groups in total. The van der Waals surface area contributed by atoms with Crippen molar-refractivity contribution in [3.05, 3.63) is 29.6 Å². The van der Waals surface area contributed by atoms with Gasteiger partial charge in [0.25, 0.3) is 0 Å². The molecule has 0 saturated carbocycles. The van der Waals surface area contributed by atoms with Crippen LogP contribution in [0, 0.1) is 11.7 Å². The van der Waals surface area contributed by atoms with Gasteiger partial charge < -0.3 is 10.0 Å². The van der Waals surface area contributed by atoms with Crippen molar-refractivity contribution in [1.82, 2.24) is 0 Å². The second kappa shape index (κ2) is 3.72. The molecule has 1 aromatic rings. The van der Waals surface area contributed by atoms with Gasteiger partial charge in [0.2, 0.25) is 0 Å². The molecule has 2 atom stereocenters. The smallest absolute Gasteiger partial charge is 0.308 e. The number of para-hydroxylation sites is 1. The van der Waals surface area contributed by atoms with E-state index in [2.05, 4.69) is 0 Å². The maximum absolute atomic E-state index is 13.8. The summed E-state index contributed by atoms with van der Waals surface area (Å²) in [6.07, 6.45) is 2.18. The van der Waals surface area contributed by atoms with Gasteiger partial charge in [-0.3, -0.25) is 4.79 Å². The minimum atomic E-state index is -0.757. The van der Waals surface area contributed by atoms with E-state index in [9.17, 15) is 14.3 Å². The SMILES string of the molecule is O=C(O)C1CCCN2c3c(F)cccc3CC12. The third kappa shape index (κ3) is 1.51. The third-order valence-electron chi connectivity index (χ3n) is 3.88. The maximum atomic E-state index is 13.8. The Labute approximate surface area is 98.9 Å². The van der Waals surface area contributed by atoms with Gasteiger partial charge in [-0.25, -0.2) is 4.39 Å². The molecule has 17 heavy (non-hydrogen) atoms. The zero-order chi connectivity index (χ0) is 12.0. The zero-order valence-electron chi connectivity index (χ0n) is 9.40. The molecule has 4 heteroatoms. The highest BCUT2D eigenvalue weighted by Crippen LogP contribution is 2.40. The molecule has 0 bridgehead atoms. The van der Waals surface area contributed by atoms with Crippen LogP contribution in [0.3, 0.4) is 0 Å². The molecule has 2 heterocycles. The topological polar surface area (TPSA) is 40.5 Å². The van der Waals surface area contributed by atoms with E-state index < -0.39 is 5.97 Å². The Balaban J connectivity index is 2.01. The fourth-order valence-corrected chi connectivity index (χ4v) is 3.15. The van der Waals surface area contributed by atoms with E-state index in [1.165, 1.54) is 6.07 Å². The minimum Gasteiger partial charge on any atom is -0.481 e. The number of aliphatic carboxylic acids is 1. The lowest BCUT2D eigenvalue weighted by molar-refractivity contribution is -0.143. The number of nitrogens with zero attached hydrogens (tertiary/aromatic N) is 1. The van der Waals surface area contributed by atoms with Crippen molar-refractivity contribution in [3.8, 4) is 0 Å². The van der Waals surface area contributed by atoms with E-state index >= 15 is 0 Å². The number of hydrogen-bond acceptors (Lipinski definition) is 2. The summed E-state index contributed by atoms with van der Waals surface area (Å²) in [5, 5.41) is 9.21. The molecule has 2 aliphatic rings. The lowest BCUT2D eigenvalue weighted by Crippen LogP contribution is -2.46. The number of carbonyl (C=O) groups is 1. The number of hydrogen-bond donors (Lipinski definition) is 1. The van der Waals surface area contributed by atoms with Crippen molar-refractivity contribution in [2.75, 3.05) is 11.4 Å². The zero-order valence-corrected chi connectivity index (χ0v) is 9.40. The first kappa shape index (κ1) is 10.6. The summed E-state index contributed by atoms with van der Waals surface area (Å²) in [7, 11) is 0. The molecule has 1 saturated heterocycles. The van der Waals surface area contributed by atoms with Crippen LogP contribution in [0.5, 0.6) is 0 Å². The first-order valence-corrected chi connectivity index (χ1v) is 5.95. The Morgan fingerprint density at radius 1 is 1.47 bits per heavy atom. The summed E-state index contributed by atoms with van der Waals surface area (Å²) >= 11 is 0. The highest BCUT2D eigenvalue weighted by Gasteiger charge is 2.42. The molecule has 3 rings (SSSR count). The van der Waals surface area contributed by atoms with Crippen molar-refractivity contribution in [3.63, 3.8) is 0 Å². The van der Waals surface area contributed by atoms with Crippen LogP contribution in [0.15, 0.2) is 18.2 Å². The molecular weight excluding hydrogens is 221 g/mol. The first-order valence-electron chi connectivity index (χ1n) is 5.95. The van der Waals surface area contributed by atoms with Gasteiger partial charge in [0.05, 0.1) is 11.6 Å². The molecule has 0 amide bonds. The van der Waals surface area contributed by atoms with Crippen molar-refractivity contribution in [2.45, 2.75) is 25.3 Å². The van der Waals surface area contributed by atoms with Gasteiger partial charge in [-0.15, -0.1) is 0 Å². The van der Waals surface area contributed by atoms with E-state index in [0.29, 0.717) is 18.5 Å². The van der Waals surface area contributed by atoms with Gasteiger partial charge in [0.15, 0.2) is 0 Å². The van der Waals surface area contributed by atoms with Crippen LogP contribution in [0.25, 0.3) is 0 Å². The monoisotopic (exact) mass is 235 g/mol. The second-order valence-electron chi connectivity index (χ2n) is 4.80. The summed E-state index contributed by atoms with van der Waals surface area (Å²) in [4.78, 5) is 13.2. The minimum absolute atomic E-state index is 0.0619. The lowest BCUT2D eigenvalue weighted by atomic mass is 9.88. The van der Waals surface area contributed by atoms with Crippen LogP contribution in [-0.4, -0.2) is 23.7 Å². The molecule has 0 aliphatic carbocycles. The van der Waals surface area contributed by atoms with Gasteiger partial charge in [-0.05, 0) is 30.9 Å². The normalized spacial score (nSPS) is 26.5. The molecule has 0 radical (unpaired) electrons. The van der Waals surface area contributed by atoms with Gasteiger partial charge in [0, 0.05) is 12.6 Å². The average molecular weight is 235 g/mol. The van der Waals surface area contributed by atoms with E-state index in [1.54, 1.807) is 6.07 Å². The summed E-state index contributed by atoms with van der Waals surface area (Å²) in [6.45, 7) is 0.766. The first-order chi connectivity index (χ1) is 8.18. The van der Waals surface area contributed by atoms with Crippen LogP contribution in [-0.2, 0) is 11.2 Å². The van der Waals surface area contributed by atoms with Gasteiger partial charge in [-0.1, -0.05) is 12.1 Å². The van der Waals surface area contributed by atoms with Crippen LogP contribution >= 0.6 is 0 Å². The molecule has 0 spiro atoms. The molecule has 2 unspecified atom stereocenters. The quantitative estimate of drug-likeness (QED) is 0.810. The number of rotatable bonds is 1. The number of carboxylic acids is 1. The highest BCUT2D eigenvalue weighted by atomic mass is 19.1. The molecule has 3 nitrogen and oxygen atoms in total. The summed E-state index contributed by atoms with van der Waals surface area (Å²) < 4.78 is 13.8. The number of benzene rings is 1. The van der Waals surface area contributed by atoms with E-state index in [4.69, 9.17) is 0 Å². The Kier molecular flexibility index (Phi) is 2.31. The van der Waals surface area contributed by atoms with Crippen molar-refractivity contribution < 1.29 is 14.3 Å². The van der Waals surface area contributed by atoms with Crippen molar-refractivity contribution >= 4 is 11.7 Å². The van der Waals surface area contributed by atoms with Crippen LogP contribution in [0.2, 0.25) is 0 Å². The Morgan fingerprint density at radius 2 is 2.29 bits per heavy atom. The summed E-state index contributed by atoms with van der Waals surface area (Å²) in [6, 6.07) is 4.98. The number of piperidine rings is 1. The average Bonchev–Trinajstić information content (AvgIpc) is 2.67. The second-order valence-corrected chi connectivity index (χ2v) is 4.80. The van der Waals surface area contributed by atoms with Crippen LogP contribution in [0.4, 0.5) is 10.1 Å². The fourth-order valence-electron chi connectivity index (χ4n) is 3.15. The fraction of sp³-hybridized carbons (Fsp3) is 0.462. The number of carboxylic acid groups (broad SMARTS) is 1. The van der Waals surface area contributed by atoms with Gasteiger partial charge >= 0.3 is 5.97 Å². The number of anilines is 1. The Hall–Kier alpha value is -1.58. The predicted molar refractivity (Wildman–Crippen MR) is 61.6 cm³/mol. The van der Waals surface area contributed by atoms with Crippen molar-refractivity contribution in [2.24, 2.45) is 5.92 Å². The van der Waals surface area contributed by atoms with Crippen LogP contribution < -0.4 is 4.90 Å². The molecule has 90 valence electrons.